The fourth-order valence-electron chi connectivity index (χ4n) is 3.37. The highest BCUT2D eigenvalue weighted by Gasteiger charge is 2.15. The molecule has 3 rings (SSSR count). The Balaban J connectivity index is 1.74. The Morgan fingerprint density at radius 2 is 1.71 bits per heavy atom. The van der Waals surface area contributed by atoms with Gasteiger partial charge in [0.1, 0.15) is 0 Å². The van der Waals surface area contributed by atoms with Gasteiger partial charge in [0.15, 0.2) is 11.5 Å². The number of hydrogen-bond donors (Lipinski definition) is 2. The molecule has 0 aliphatic rings. The minimum Gasteiger partial charge on any atom is -0.493 e. The van der Waals surface area contributed by atoms with Crippen molar-refractivity contribution in [3.8, 4) is 17.2 Å². The van der Waals surface area contributed by atoms with Gasteiger partial charge in [-0.3, -0.25) is 4.79 Å². The van der Waals surface area contributed by atoms with Crippen LogP contribution in [0.25, 0.3) is 10.9 Å². The van der Waals surface area contributed by atoms with Crippen LogP contribution in [0.3, 0.4) is 0 Å². The summed E-state index contributed by atoms with van der Waals surface area (Å²) in [7, 11) is 4.75. The summed E-state index contributed by atoms with van der Waals surface area (Å²) in [5.74, 6) is 1.66. The first kappa shape index (κ1) is 19.6. The monoisotopic (exact) mass is 382 g/mol. The molecule has 0 bridgehead atoms. The van der Waals surface area contributed by atoms with E-state index in [1.807, 2.05) is 37.3 Å². The zero-order valence-electron chi connectivity index (χ0n) is 16.9. The van der Waals surface area contributed by atoms with Gasteiger partial charge in [0.25, 0.3) is 5.91 Å². The van der Waals surface area contributed by atoms with Crippen LogP contribution >= 0.6 is 0 Å². The number of hydrogen-bond acceptors (Lipinski definition) is 4. The largest absolute Gasteiger partial charge is 0.493 e. The van der Waals surface area contributed by atoms with Crippen molar-refractivity contribution in [2.45, 2.75) is 20.3 Å². The number of carbonyl (C=O) groups excluding carboxylic acids is 1. The summed E-state index contributed by atoms with van der Waals surface area (Å²) in [6.07, 6.45) is 0.640. The third-order valence-corrected chi connectivity index (χ3v) is 5.01. The van der Waals surface area contributed by atoms with Crippen molar-refractivity contribution in [2.24, 2.45) is 0 Å². The molecule has 0 aliphatic heterocycles. The van der Waals surface area contributed by atoms with Gasteiger partial charge in [-0.05, 0) is 49.6 Å². The van der Waals surface area contributed by atoms with Crippen molar-refractivity contribution in [3.63, 3.8) is 0 Å². The first-order valence-electron chi connectivity index (χ1n) is 9.15. The minimum absolute atomic E-state index is 0.0979. The van der Waals surface area contributed by atoms with Gasteiger partial charge in [0.2, 0.25) is 5.75 Å². The number of amides is 1. The molecule has 0 radical (unpaired) electrons. The number of aryl methyl sites for hydroxylation is 2. The summed E-state index contributed by atoms with van der Waals surface area (Å²) < 4.78 is 16.1. The second-order valence-corrected chi connectivity index (χ2v) is 6.64. The number of benzene rings is 2. The van der Waals surface area contributed by atoms with Gasteiger partial charge in [0.05, 0.1) is 32.4 Å². The lowest BCUT2D eigenvalue weighted by Gasteiger charge is -2.14. The van der Waals surface area contributed by atoms with Gasteiger partial charge in [-0.1, -0.05) is 12.1 Å². The molecule has 148 valence electrons. The molecule has 1 amide bonds. The predicted octanol–water partition coefficient (Wildman–Crippen LogP) is 3.78. The maximum atomic E-state index is 12.7. The molecule has 2 aromatic carbocycles. The summed E-state index contributed by atoms with van der Waals surface area (Å²) in [5.41, 5.74) is 4.76. The minimum atomic E-state index is -0.0979. The van der Waals surface area contributed by atoms with Gasteiger partial charge in [-0.15, -0.1) is 0 Å². The number of aromatic amines is 1. The van der Waals surface area contributed by atoms with E-state index in [1.54, 1.807) is 21.3 Å². The van der Waals surface area contributed by atoms with Crippen molar-refractivity contribution >= 4 is 16.8 Å². The topological polar surface area (TPSA) is 72.6 Å². The van der Waals surface area contributed by atoms with E-state index in [2.05, 4.69) is 17.2 Å². The molecule has 0 fully saturated rings. The zero-order valence-corrected chi connectivity index (χ0v) is 16.9. The molecule has 0 spiro atoms. The third kappa shape index (κ3) is 3.63. The van der Waals surface area contributed by atoms with Crippen molar-refractivity contribution in [1.82, 2.24) is 10.3 Å². The Bertz CT molecular complexity index is 982. The van der Waals surface area contributed by atoms with Crippen LogP contribution < -0.4 is 19.5 Å². The molecule has 0 unspecified atom stereocenters. The lowest BCUT2D eigenvalue weighted by atomic mass is 10.1. The number of para-hydroxylation sites is 1. The SMILES string of the molecule is COc1cc(CCNC(=O)c2cccc3c(C)c(C)[nH]c23)cc(OC)c1OC. The molecule has 2 N–H and O–H groups in total. The van der Waals surface area contributed by atoms with Crippen LogP contribution in [0.2, 0.25) is 0 Å². The van der Waals surface area contributed by atoms with Crippen LogP contribution in [0, 0.1) is 13.8 Å². The number of H-pyrrole nitrogens is 1. The Morgan fingerprint density at radius 3 is 2.32 bits per heavy atom. The van der Waals surface area contributed by atoms with E-state index in [0.717, 1.165) is 22.2 Å². The number of rotatable bonds is 7. The molecule has 3 aromatic rings. The van der Waals surface area contributed by atoms with E-state index in [1.165, 1.54) is 5.56 Å². The molecule has 0 saturated heterocycles. The van der Waals surface area contributed by atoms with Gasteiger partial charge in [0, 0.05) is 17.6 Å². The summed E-state index contributed by atoms with van der Waals surface area (Å²) in [5, 5.41) is 4.08. The number of fused-ring (bicyclic) bond motifs is 1. The molecule has 0 aliphatic carbocycles. The number of nitrogens with one attached hydrogen (secondary N) is 2. The van der Waals surface area contributed by atoms with Gasteiger partial charge >= 0.3 is 0 Å². The first-order chi connectivity index (χ1) is 13.5. The molecule has 6 nitrogen and oxygen atoms in total. The first-order valence-corrected chi connectivity index (χ1v) is 9.15. The van der Waals surface area contributed by atoms with Crippen LogP contribution in [0.4, 0.5) is 0 Å². The second kappa shape index (κ2) is 8.25. The van der Waals surface area contributed by atoms with Crippen LogP contribution in [0.15, 0.2) is 30.3 Å². The second-order valence-electron chi connectivity index (χ2n) is 6.64. The molecule has 1 heterocycles. The molecular weight excluding hydrogens is 356 g/mol. The van der Waals surface area contributed by atoms with Gasteiger partial charge in [-0.2, -0.15) is 0 Å². The van der Waals surface area contributed by atoms with Crippen molar-refractivity contribution in [2.75, 3.05) is 27.9 Å². The maximum Gasteiger partial charge on any atom is 0.253 e. The summed E-state index contributed by atoms with van der Waals surface area (Å²) in [6.45, 7) is 4.56. The Hall–Kier alpha value is -3.15. The molecule has 0 saturated carbocycles. The van der Waals surface area contributed by atoms with E-state index in [0.29, 0.717) is 35.8 Å². The Labute approximate surface area is 164 Å². The molecular formula is C22H26N2O4. The standard InChI is InChI=1S/C22H26N2O4/c1-13-14(2)24-20-16(13)7-6-8-17(20)22(25)23-10-9-15-11-18(26-3)21(28-5)19(12-15)27-4/h6-8,11-12,24H,9-10H2,1-5H3,(H,23,25). The molecule has 0 atom stereocenters. The van der Waals surface area contributed by atoms with Crippen LogP contribution in [-0.2, 0) is 6.42 Å². The van der Waals surface area contributed by atoms with Crippen LogP contribution in [-0.4, -0.2) is 38.8 Å². The Morgan fingerprint density at radius 1 is 1.04 bits per heavy atom. The maximum absolute atomic E-state index is 12.7. The Kier molecular flexibility index (Phi) is 5.78. The molecule has 1 aromatic heterocycles. The van der Waals surface area contributed by atoms with E-state index in [9.17, 15) is 4.79 Å². The lowest BCUT2D eigenvalue weighted by Crippen LogP contribution is -2.26. The number of ether oxygens (including phenoxy) is 3. The zero-order chi connectivity index (χ0) is 20.3. The summed E-state index contributed by atoms with van der Waals surface area (Å²) in [4.78, 5) is 16.0. The highest BCUT2D eigenvalue weighted by molar-refractivity contribution is 6.06. The van der Waals surface area contributed by atoms with Crippen LogP contribution in [0.5, 0.6) is 17.2 Å². The van der Waals surface area contributed by atoms with Crippen molar-refractivity contribution in [3.05, 3.63) is 52.7 Å². The number of carbonyl (C=O) groups is 1. The van der Waals surface area contributed by atoms with Gasteiger partial charge < -0.3 is 24.5 Å². The number of methoxy groups -OCH3 is 3. The highest BCUT2D eigenvalue weighted by Crippen LogP contribution is 2.38. The summed E-state index contributed by atoms with van der Waals surface area (Å²) in [6, 6.07) is 9.57. The fraction of sp³-hybridized carbons (Fsp3) is 0.318. The van der Waals surface area contributed by atoms with Crippen molar-refractivity contribution in [1.29, 1.82) is 0 Å². The van der Waals surface area contributed by atoms with E-state index < -0.39 is 0 Å². The van der Waals surface area contributed by atoms with Crippen LogP contribution in [0.1, 0.15) is 27.2 Å². The highest BCUT2D eigenvalue weighted by atomic mass is 16.5. The predicted molar refractivity (Wildman–Crippen MR) is 110 cm³/mol. The fourth-order valence-corrected chi connectivity index (χ4v) is 3.37. The lowest BCUT2D eigenvalue weighted by molar-refractivity contribution is 0.0955. The normalized spacial score (nSPS) is 10.8. The average molecular weight is 382 g/mol. The number of aromatic nitrogens is 1. The quantitative estimate of drug-likeness (QED) is 0.652. The molecule has 28 heavy (non-hydrogen) atoms. The van der Waals surface area contributed by atoms with Gasteiger partial charge in [-0.25, -0.2) is 0 Å². The average Bonchev–Trinajstić information content (AvgIpc) is 3.00. The molecule has 6 heteroatoms. The summed E-state index contributed by atoms with van der Waals surface area (Å²) >= 11 is 0. The van der Waals surface area contributed by atoms with E-state index >= 15 is 0 Å². The third-order valence-electron chi connectivity index (χ3n) is 5.01. The van der Waals surface area contributed by atoms with E-state index in [4.69, 9.17) is 14.2 Å². The van der Waals surface area contributed by atoms with Crippen molar-refractivity contribution < 1.29 is 19.0 Å². The van der Waals surface area contributed by atoms with E-state index in [-0.39, 0.29) is 5.91 Å². The smallest absolute Gasteiger partial charge is 0.253 e.